The quantitative estimate of drug-likeness (QED) is 0.669. The Morgan fingerprint density at radius 2 is 1.39 bits per heavy atom. The molecule has 0 bridgehead atoms. The molecule has 2 amide bonds. The summed E-state index contributed by atoms with van der Waals surface area (Å²) in [5.41, 5.74) is 0.908. The van der Waals surface area contributed by atoms with Crippen LogP contribution in [0.25, 0.3) is 0 Å². The summed E-state index contributed by atoms with van der Waals surface area (Å²) in [4.78, 5) is 29.2. The Balaban J connectivity index is 1.42. The second kappa shape index (κ2) is 10.0. The summed E-state index contributed by atoms with van der Waals surface area (Å²) in [5.74, 6) is -0.764. The molecule has 33 heavy (non-hydrogen) atoms. The molecular formula is C24H28FN3O4S. The summed E-state index contributed by atoms with van der Waals surface area (Å²) in [6.45, 7) is 2.33. The van der Waals surface area contributed by atoms with Crippen molar-refractivity contribution in [3.05, 3.63) is 65.5 Å². The maximum atomic E-state index is 13.3. The number of piperazine rings is 1. The molecule has 0 N–H and O–H groups in total. The van der Waals surface area contributed by atoms with Crippen LogP contribution >= 0.6 is 0 Å². The standard InChI is InChI=1S/C24H28FN3O4S/c25-20-10-8-19(9-11-20)18-23(29)26-14-16-27(17-15-26)24(30)21-6-2-3-7-22(21)33(31,32)28-12-4-1-5-13-28/h2-3,6-11H,1,4-5,12-18H2. The van der Waals surface area contributed by atoms with Crippen molar-refractivity contribution in [2.75, 3.05) is 39.3 Å². The van der Waals surface area contributed by atoms with Crippen LogP contribution in [0.2, 0.25) is 0 Å². The highest BCUT2D eigenvalue weighted by Gasteiger charge is 2.32. The Bertz CT molecular complexity index is 1110. The minimum absolute atomic E-state index is 0.0479. The molecule has 4 rings (SSSR count). The maximum Gasteiger partial charge on any atom is 0.255 e. The predicted molar refractivity (Wildman–Crippen MR) is 122 cm³/mol. The van der Waals surface area contributed by atoms with Crippen LogP contribution in [-0.2, 0) is 21.2 Å². The molecule has 2 aromatic rings. The molecule has 0 aliphatic carbocycles. The molecule has 0 radical (unpaired) electrons. The molecule has 2 aromatic carbocycles. The Kier molecular flexibility index (Phi) is 7.09. The minimum atomic E-state index is -3.74. The first-order valence-electron chi connectivity index (χ1n) is 11.3. The van der Waals surface area contributed by atoms with E-state index in [4.69, 9.17) is 0 Å². The molecular weight excluding hydrogens is 445 g/mol. The van der Waals surface area contributed by atoms with Gasteiger partial charge in [0.2, 0.25) is 15.9 Å². The van der Waals surface area contributed by atoms with Crippen LogP contribution < -0.4 is 0 Å². The number of hydrogen-bond acceptors (Lipinski definition) is 4. The highest BCUT2D eigenvalue weighted by molar-refractivity contribution is 7.89. The summed E-state index contributed by atoms with van der Waals surface area (Å²) >= 11 is 0. The number of nitrogens with zero attached hydrogens (tertiary/aromatic N) is 3. The number of rotatable bonds is 5. The molecule has 176 valence electrons. The van der Waals surface area contributed by atoms with E-state index in [0.717, 1.165) is 24.8 Å². The fourth-order valence-corrected chi connectivity index (χ4v) is 6.03. The Labute approximate surface area is 193 Å². The SMILES string of the molecule is O=C(Cc1ccc(F)cc1)N1CCN(C(=O)c2ccccc2S(=O)(=O)N2CCCCC2)CC1. The number of sulfonamides is 1. The molecule has 0 unspecified atom stereocenters. The van der Waals surface area contributed by atoms with Gasteiger partial charge in [-0.1, -0.05) is 30.7 Å². The lowest BCUT2D eigenvalue weighted by Crippen LogP contribution is -2.51. The van der Waals surface area contributed by atoms with E-state index in [-0.39, 0.29) is 34.5 Å². The van der Waals surface area contributed by atoms with Gasteiger partial charge in [0.25, 0.3) is 5.91 Å². The highest BCUT2D eigenvalue weighted by atomic mass is 32.2. The van der Waals surface area contributed by atoms with Crippen LogP contribution in [0.3, 0.4) is 0 Å². The lowest BCUT2D eigenvalue weighted by molar-refractivity contribution is -0.131. The summed E-state index contributed by atoms with van der Waals surface area (Å²) in [6.07, 6.45) is 2.83. The fraction of sp³-hybridized carbons (Fsp3) is 0.417. The van der Waals surface area contributed by atoms with Gasteiger partial charge in [-0.2, -0.15) is 4.31 Å². The van der Waals surface area contributed by atoms with Gasteiger partial charge in [-0.25, -0.2) is 12.8 Å². The van der Waals surface area contributed by atoms with Gasteiger partial charge < -0.3 is 9.80 Å². The third-order valence-corrected chi connectivity index (χ3v) is 8.20. The van der Waals surface area contributed by atoms with Crippen molar-refractivity contribution in [1.29, 1.82) is 0 Å². The minimum Gasteiger partial charge on any atom is -0.339 e. The summed E-state index contributed by atoms with van der Waals surface area (Å²) in [6, 6.07) is 12.2. The van der Waals surface area contributed by atoms with E-state index in [1.807, 2.05) is 0 Å². The van der Waals surface area contributed by atoms with Crippen LogP contribution in [0, 0.1) is 5.82 Å². The van der Waals surface area contributed by atoms with Gasteiger partial charge in [0.15, 0.2) is 0 Å². The van der Waals surface area contributed by atoms with Crippen LogP contribution in [0.1, 0.15) is 35.2 Å². The molecule has 2 heterocycles. The van der Waals surface area contributed by atoms with Gasteiger partial charge in [-0.3, -0.25) is 9.59 Å². The number of carbonyl (C=O) groups excluding carboxylic acids is 2. The number of hydrogen-bond donors (Lipinski definition) is 0. The molecule has 0 aromatic heterocycles. The molecule has 0 saturated carbocycles. The van der Waals surface area contributed by atoms with Crippen LogP contribution in [0.15, 0.2) is 53.4 Å². The third-order valence-electron chi connectivity index (χ3n) is 6.24. The van der Waals surface area contributed by atoms with Crippen molar-refractivity contribution < 1.29 is 22.4 Å². The largest absolute Gasteiger partial charge is 0.339 e. The van der Waals surface area contributed by atoms with Crippen molar-refractivity contribution >= 4 is 21.8 Å². The second-order valence-electron chi connectivity index (χ2n) is 8.44. The monoisotopic (exact) mass is 473 g/mol. The number of piperidine rings is 1. The van der Waals surface area contributed by atoms with Gasteiger partial charge in [-0.15, -0.1) is 0 Å². The molecule has 0 atom stereocenters. The van der Waals surface area contributed by atoms with E-state index in [1.54, 1.807) is 40.1 Å². The first kappa shape index (κ1) is 23.4. The van der Waals surface area contributed by atoms with E-state index in [1.165, 1.54) is 22.5 Å². The van der Waals surface area contributed by atoms with E-state index in [2.05, 4.69) is 0 Å². The molecule has 2 aliphatic heterocycles. The summed E-state index contributed by atoms with van der Waals surface area (Å²) < 4.78 is 41.0. The number of halogens is 1. The van der Waals surface area contributed by atoms with E-state index in [0.29, 0.717) is 39.3 Å². The van der Waals surface area contributed by atoms with Gasteiger partial charge >= 0.3 is 0 Å². The van der Waals surface area contributed by atoms with Crippen LogP contribution in [-0.4, -0.2) is 73.6 Å². The maximum absolute atomic E-state index is 13.3. The van der Waals surface area contributed by atoms with Crippen molar-refractivity contribution in [1.82, 2.24) is 14.1 Å². The molecule has 9 heteroatoms. The summed E-state index contributed by atoms with van der Waals surface area (Å²) in [7, 11) is -3.74. The molecule has 7 nitrogen and oxygen atoms in total. The van der Waals surface area contributed by atoms with Gasteiger partial charge in [0.05, 0.1) is 16.9 Å². The number of carbonyl (C=O) groups is 2. The van der Waals surface area contributed by atoms with Crippen molar-refractivity contribution in [2.24, 2.45) is 0 Å². The van der Waals surface area contributed by atoms with Crippen molar-refractivity contribution in [3.63, 3.8) is 0 Å². The molecule has 2 saturated heterocycles. The van der Waals surface area contributed by atoms with E-state index in [9.17, 15) is 22.4 Å². The molecule has 2 aliphatic rings. The lowest BCUT2D eigenvalue weighted by atomic mass is 10.1. The van der Waals surface area contributed by atoms with E-state index < -0.39 is 10.0 Å². The predicted octanol–water partition coefficient (Wildman–Crippen LogP) is 2.53. The van der Waals surface area contributed by atoms with E-state index >= 15 is 0 Å². The van der Waals surface area contributed by atoms with Gasteiger partial charge in [0.1, 0.15) is 5.82 Å². The zero-order valence-corrected chi connectivity index (χ0v) is 19.3. The summed E-state index contributed by atoms with van der Waals surface area (Å²) in [5, 5.41) is 0. The number of benzene rings is 2. The first-order chi connectivity index (χ1) is 15.9. The van der Waals surface area contributed by atoms with Crippen molar-refractivity contribution in [2.45, 2.75) is 30.6 Å². The van der Waals surface area contributed by atoms with Crippen LogP contribution in [0.4, 0.5) is 4.39 Å². The van der Waals surface area contributed by atoms with Gasteiger partial charge in [-0.05, 0) is 42.7 Å². The topological polar surface area (TPSA) is 78.0 Å². The zero-order valence-electron chi connectivity index (χ0n) is 18.5. The smallest absolute Gasteiger partial charge is 0.255 e. The second-order valence-corrected chi connectivity index (χ2v) is 10.3. The van der Waals surface area contributed by atoms with Crippen molar-refractivity contribution in [3.8, 4) is 0 Å². The van der Waals surface area contributed by atoms with Crippen LogP contribution in [0.5, 0.6) is 0 Å². The third kappa shape index (κ3) is 5.25. The highest BCUT2D eigenvalue weighted by Crippen LogP contribution is 2.25. The Hall–Kier alpha value is -2.78. The molecule has 0 spiro atoms. The molecule has 2 fully saturated rings. The normalized spacial score (nSPS) is 17.7. The zero-order chi connectivity index (χ0) is 23.4. The average Bonchev–Trinajstić information content (AvgIpc) is 2.85. The fourth-order valence-electron chi connectivity index (χ4n) is 4.33. The number of amides is 2. The lowest BCUT2D eigenvalue weighted by Gasteiger charge is -2.35. The Morgan fingerprint density at radius 3 is 2.06 bits per heavy atom. The van der Waals surface area contributed by atoms with Gasteiger partial charge in [0, 0.05) is 39.3 Å². The first-order valence-corrected chi connectivity index (χ1v) is 12.7. The average molecular weight is 474 g/mol. The Morgan fingerprint density at radius 1 is 0.788 bits per heavy atom.